The van der Waals surface area contributed by atoms with Gasteiger partial charge in [0.2, 0.25) is 12.7 Å². The molecule has 2 aromatic rings. The van der Waals surface area contributed by atoms with Crippen LogP contribution in [-0.2, 0) is 11.3 Å². The second-order valence-corrected chi connectivity index (χ2v) is 7.08. The first-order valence-corrected chi connectivity index (χ1v) is 9.66. The molecular formula is C21H24N2O5. The number of fused-ring (bicyclic) bond motifs is 1. The third-order valence-electron chi connectivity index (χ3n) is 5.37. The van der Waals surface area contributed by atoms with Crippen LogP contribution in [0.15, 0.2) is 41.0 Å². The van der Waals surface area contributed by atoms with E-state index in [1.807, 2.05) is 30.0 Å². The number of furan rings is 1. The smallest absolute Gasteiger partial charge is 0.289 e. The predicted octanol–water partition coefficient (Wildman–Crippen LogP) is 2.91. The second kappa shape index (κ2) is 7.96. The van der Waals surface area contributed by atoms with Gasteiger partial charge in [-0.2, -0.15) is 0 Å². The number of nitrogens with zero attached hydrogens (tertiary/aromatic N) is 2. The molecule has 0 saturated carbocycles. The van der Waals surface area contributed by atoms with Crippen molar-refractivity contribution in [3.8, 4) is 11.5 Å². The molecular weight excluding hydrogens is 360 g/mol. The fourth-order valence-electron chi connectivity index (χ4n) is 3.75. The fourth-order valence-corrected chi connectivity index (χ4v) is 3.75. The number of benzene rings is 1. The van der Waals surface area contributed by atoms with E-state index in [9.17, 15) is 9.59 Å². The van der Waals surface area contributed by atoms with E-state index < -0.39 is 0 Å². The van der Waals surface area contributed by atoms with Gasteiger partial charge in [-0.05, 0) is 49.6 Å². The molecule has 1 aromatic carbocycles. The Balaban J connectivity index is 1.35. The maximum Gasteiger partial charge on any atom is 0.289 e. The molecule has 2 aliphatic heterocycles. The number of piperidine rings is 1. The Kier molecular flexibility index (Phi) is 5.23. The van der Waals surface area contributed by atoms with E-state index in [2.05, 4.69) is 0 Å². The minimum absolute atomic E-state index is 0.0605. The Morgan fingerprint density at radius 2 is 1.93 bits per heavy atom. The zero-order valence-corrected chi connectivity index (χ0v) is 15.9. The summed E-state index contributed by atoms with van der Waals surface area (Å²) in [6, 6.07) is 9.16. The molecule has 0 N–H and O–H groups in total. The van der Waals surface area contributed by atoms with Crippen molar-refractivity contribution in [1.29, 1.82) is 0 Å². The first kappa shape index (κ1) is 18.4. The first-order valence-electron chi connectivity index (χ1n) is 9.66. The van der Waals surface area contributed by atoms with Crippen LogP contribution in [0, 0.1) is 5.92 Å². The summed E-state index contributed by atoms with van der Waals surface area (Å²) in [4.78, 5) is 29.0. The minimum Gasteiger partial charge on any atom is -0.459 e. The van der Waals surface area contributed by atoms with E-state index in [1.165, 1.54) is 6.26 Å². The monoisotopic (exact) mass is 384 g/mol. The molecule has 4 rings (SSSR count). The lowest BCUT2D eigenvalue weighted by atomic mass is 9.94. The zero-order chi connectivity index (χ0) is 19.5. The van der Waals surface area contributed by atoms with Crippen molar-refractivity contribution in [2.75, 3.05) is 26.4 Å². The second-order valence-electron chi connectivity index (χ2n) is 7.08. The summed E-state index contributed by atoms with van der Waals surface area (Å²) in [5.41, 5.74) is 1.02. The van der Waals surface area contributed by atoms with Crippen molar-refractivity contribution in [1.82, 2.24) is 9.80 Å². The normalized spacial score (nSPS) is 16.2. The van der Waals surface area contributed by atoms with Crippen LogP contribution in [0.5, 0.6) is 11.5 Å². The highest BCUT2D eigenvalue weighted by Gasteiger charge is 2.31. The molecule has 1 aromatic heterocycles. The molecule has 0 aliphatic carbocycles. The maximum atomic E-state index is 13.0. The van der Waals surface area contributed by atoms with Crippen molar-refractivity contribution in [3.63, 3.8) is 0 Å². The van der Waals surface area contributed by atoms with Gasteiger partial charge in [-0.15, -0.1) is 0 Å². The summed E-state index contributed by atoms with van der Waals surface area (Å²) in [6.07, 6.45) is 2.84. The number of rotatable bonds is 5. The van der Waals surface area contributed by atoms with Gasteiger partial charge in [0, 0.05) is 32.1 Å². The molecule has 1 fully saturated rings. The van der Waals surface area contributed by atoms with Crippen molar-refractivity contribution >= 4 is 11.8 Å². The zero-order valence-electron chi connectivity index (χ0n) is 15.9. The van der Waals surface area contributed by atoms with Crippen LogP contribution < -0.4 is 9.47 Å². The minimum atomic E-state index is -0.108. The Labute approximate surface area is 163 Å². The van der Waals surface area contributed by atoms with Gasteiger partial charge < -0.3 is 23.7 Å². The van der Waals surface area contributed by atoms with Crippen molar-refractivity contribution in [2.24, 2.45) is 5.92 Å². The van der Waals surface area contributed by atoms with Crippen molar-refractivity contribution in [3.05, 3.63) is 47.9 Å². The van der Waals surface area contributed by atoms with Crippen LogP contribution in [0.4, 0.5) is 0 Å². The highest BCUT2D eigenvalue weighted by molar-refractivity contribution is 5.91. The van der Waals surface area contributed by atoms with E-state index in [0.29, 0.717) is 44.8 Å². The molecule has 0 radical (unpaired) electrons. The van der Waals surface area contributed by atoms with Gasteiger partial charge in [-0.3, -0.25) is 9.59 Å². The molecule has 2 amide bonds. The number of likely N-dealkylation sites (tertiary alicyclic amines) is 1. The summed E-state index contributed by atoms with van der Waals surface area (Å²) in [5, 5.41) is 0. The van der Waals surface area contributed by atoms with Gasteiger partial charge in [0.15, 0.2) is 17.3 Å². The molecule has 0 spiro atoms. The summed E-state index contributed by atoms with van der Waals surface area (Å²) in [7, 11) is 0. The molecule has 3 heterocycles. The fraction of sp³-hybridized carbons (Fsp3) is 0.429. The van der Waals surface area contributed by atoms with Gasteiger partial charge in [0.1, 0.15) is 0 Å². The number of hydrogen-bond acceptors (Lipinski definition) is 5. The van der Waals surface area contributed by atoms with Crippen LogP contribution in [-0.4, -0.2) is 48.0 Å². The number of carbonyl (C=O) groups excluding carboxylic acids is 2. The maximum absolute atomic E-state index is 13.0. The highest BCUT2D eigenvalue weighted by Crippen LogP contribution is 2.33. The molecule has 0 atom stereocenters. The third kappa shape index (κ3) is 3.69. The molecule has 7 nitrogen and oxygen atoms in total. The summed E-state index contributed by atoms with van der Waals surface area (Å²) in [6.45, 7) is 4.54. The van der Waals surface area contributed by atoms with Gasteiger partial charge >= 0.3 is 0 Å². The topological polar surface area (TPSA) is 72.2 Å². The number of amides is 2. The van der Waals surface area contributed by atoms with Crippen molar-refractivity contribution in [2.45, 2.75) is 26.3 Å². The molecule has 148 valence electrons. The Hall–Kier alpha value is -2.96. The molecule has 28 heavy (non-hydrogen) atoms. The van der Waals surface area contributed by atoms with Gasteiger partial charge in [-0.1, -0.05) is 6.07 Å². The van der Waals surface area contributed by atoms with Crippen molar-refractivity contribution < 1.29 is 23.5 Å². The van der Waals surface area contributed by atoms with E-state index in [4.69, 9.17) is 13.9 Å². The SMILES string of the molecule is CCN(Cc1ccc2c(c1)OCO2)C(=O)C1CCN(C(=O)c2ccco2)CC1. The van der Waals surface area contributed by atoms with E-state index >= 15 is 0 Å². The molecule has 0 unspecified atom stereocenters. The third-order valence-corrected chi connectivity index (χ3v) is 5.37. The van der Waals surface area contributed by atoms with E-state index in [-0.39, 0.29) is 24.5 Å². The molecule has 0 bridgehead atoms. The average Bonchev–Trinajstić information content (AvgIpc) is 3.42. The largest absolute Gasteiger partial charge is 0.459 e. The Morgan fingerprint density at radius 3 is 2.64 bits per heavy atom. The van der Waals surface area contributed by atoms with Crippen LogP contribution in [0.25, 0.3) is 0 Å². The number of carbonyl (C=O) groups is 2. The van der Waals surface area contributed by atoms with Gasteiger partial charge in [0.25, 0.3) is 5.91 Å². The lowest BCUT2D eigenvalue weighted by Gasteiger charge is -2.33. The Bertz CT molecular complexity index is 840. The summed E-state index contributed by atoms with van der Waals surface area (Å²) < 4.78 is 16.0. The predicted molar refractivity (Wildman–Crippen MR) is 101 cm³/mol. The van der Waals surface area contributed by atoms with E-state index in [1.54, 1.807) is 17.0 Å². The first-order chi connectivity index (χ1) is 13.7. The number of hydrogen-bond donors (Lipinski definition) is 0. The van der Waals surface area contributed by atoms with E-state index in [0.717, 1.165) is 17.1 Å². The lowest BCUT2D eigenvalue weighted by Crippen LogP contribution is -2.44. The quantitative estimate of drug-likeness (QED) is 0.793. The van der Waals surface area contributed by atoms with Crippen LogP contribution in [0.1, 0.15) is 35.9 Å². The lowest BCUT2D eigenvalue weighted by molar-refractivity contribution is -0.137. The average molecular weight is 384 g/mol. The highest BCUT2D eigenvalue weighted by atomic mass is 16.7. The van der Waals surface area contributed by atoms with Crippen LogP contribution >= 0.6 is 0 Å². The number of ether oxygens (including phenoxy) is 2. The standard InChI is InChI=1S/C21H24N2O5/c1-2-22(13-15-5-6-17-19(12-15)28-14-27-17)20(24)16-7-9-23(10-8-16)21(25)18-4-3-11-26-18/h3-6,11-12,16H,2,7-10,13-14H2,1H3. The summed E-state index contributed by atoms with van der Waals surface area (Å²) >= 11 is 0. The Morgan fingerprint density at radius 1 is 1.14 bits per heavy atom. The molecule has 7 heteroatoms. The summed E-state index contributed by atoms with van der Waals surface area (Å²) in [5.74, 6) is 1.80. The van der Waals surface area contributed by atoms with Gasteiger partial charge in [0.05, 0.1) is 6.26 Å². The molecule has 1 saturated heterocycles. The van der Waals surface area contributed by atoms with Crippen LogP contribution in [0.2, 0.25) is 0 Å². The van der Waals surface area contributed by atoms with Gasteiger partial charge in [-0.25, -0.2) is 0 Å². The molecule has 2 aliphatic rings. The van der Waals surface area contributed by atoms with Crippen LogP contribution in [0.3, 0.4) is 0 Å².